The zero-order chi connectivity index (χ0) is 28.3. The monoisotopic (exact) mass is 528 g/mol. The molecule has 2 aromatic carbocycles. The lowest BCUT2D eigenvalue weighted by Gasteiger charge is -2.16. The zero-order valence-electron chi connectivity index (χ0n) is 22.9. The van der Waals surface area contributed by atoms with Crippen LogP contribution in [0.5, 0.6) is 11.5 Å². The van der Waals surface area contributed by atoms with Crippen LogP contribution in [0.1, 0.15) is 66.1 Å². The molecule has 2 aromatic heterocycles. The number of hydrogen-bond acceptors (Lipinski definition) is 6. The van der Waals surface area contributed by atoms with Crippen molar-refractivity contribution in [3.63, 3.8) is 0 Å². The van der Waals surface area contributed by atoms with Crippen molar-refractivity contribution in [3.8, 4) is 11.5 Å². The number of aryl methyl sites for hydroxylation is 1. The van der Waals surface area contributed by atoms with Crippen LogP contribution < -0.4 is 31.3 Å². The lowest BCUT2D eigenvalue weighted by atomic mass is 9.90. The van der Waals surface area contributed by atoms with Crippen molar-refractivity contribution < 1.29 is 14.3 Å². The van der Waals surface area contributed by atoms with Gasteiger partial charge >= 0.3 is 0 Å². The second kappa shape index (κ2) is 11.0. The largest absolute Gasteiger partial charge is 0.497 e. The summed E-state index contributed by atoms with van der Waals surface area (Å²) in [6.07, 6.45) is 5.29. The van der Waals surface area contributed by atoms with Crippen LogP contribution in [0.15, 0.2) is 52.3 Å². The zero-order valence-corrected chi connectivity index (χ0v) is 22.9. The Labute approximate surface area is 225 Å². The molecule has 0 radical (unpaired) electrons. The number of imidazole rings is 1. The van der Waals surface area contributed by atoms with E-state index in [1.54, 1.807) is 49.8 Å². The topological polar surface area (TPSA) is 130 Å². The smallest absolute Gasteiger partial charge is 0.272 e. The molecule has 0 fully saturated rings. The van der Waals surface area contributed by atoms with Gasteiger partial charge in [-0.2, -0.15) is 0 Å². The maximum absolute atomic E-state index is 13.5. The number of H-pyrrole nitrogens is 3. The molecule has 0 atom stereocenters. The molecule has 2 heterocycles. The third-order valence-corrected chi connectivity index (χ3v) is 6.35. The van der Waals surface area contributed by atoms with Crippen LogP contribution >= 0.6 is 0 Å². The van der Waals surface area contributed by atoms with E-state index in [0.29, 0.717) is 40.3 Å². The first-order valence-electron chi connectivity index (χ1n) is 12.5. The van der Waals surface area contributed by atoms with Gasteiger partial charge in [0.2, 0.25) is 0 Å². The van der Waals surface area contributed by atoms with E-state index in [9.17, 15) is 14.4 Å². The normalized spacial score (nSPS) is 12.6. The summed E-state index contributed by atoms with van der Waals surface area (Å²) in [5, 5.41) is 0.155. The van der Waals surface area contributed by atoms with Crippen molar-refractivity contribution in [2.24, 2.45) is 0 Å². The van der Waals surface area contributed by atoms with Crippen LogP contribution in [0.25, 0.3) is 12.2 Å². The predicted molar refractivity (Wildman–Crippen MR) is 150 cm³/mol. The van der Waals surface area contributed by atoms with Gasteiger partial charge in [-0.3, -0.25) is 14.4 Å². The van der Waals surface area contributed by atoms with E-state index in [2.05, 4.69) is 19.9 Å². The van der Waals surface area contributed by atoms with Crippen molar-refractivity contribution in [1.82, 2.24) is 19.9 Å². The predicted octanol–water partition coefficient (Wildman–Crippen LogP) is 2.55. The lowest BCUT2D eigenvalue weighted by molar-refractivity contribution is 0.103. The van der Waals surface area contributed by atoms with Crippen LogP contribution in [0.4, 0.5) is 0 Å². The first-order valence-corrected chi connectivity index (χ1v) is 12.5. The summed E-state index contributed by atoms with van der Waals surface area (Å²) in [7, 11) is 3.08. The number of carbonyl (C=O) groups is 1. The van der Waals surface area contributed by atoms with Crippen LogP contribution in [0.2, 0.25) is 0 Å². The Bertz CT molecular complexity index is 1770. The summed E-state index contributed by atoms with van der Waals surface area (Å²) in [5.41, 5.74) is 2.45. The molecule has 3 N–H and O–H groups in total. The molecule has 0 aliphatic rings. The first-order chi connectivity index (χ1) is 18.5. The molecular formula is C30H32N4O5. The molecule has 0 bridgehead atoms. The summed E-state index contributed by atoms with van der Waals surface area (Å²) >= 11 is 0. The van der Waals surface area contributed by atoms with E-state index >= 15 is 0 Å². The molecule has 0 saturated carbocycles. The maximum atomic E-state index is 13.5. The summed E-state index contributed by atoms with van der Waals surface area (Å²) in [6.45, 7) is 8.04. The van der Waals surface area contributed by atoms with Crippen molar-refractivity contribution in [2.75, 3.05) is 14.2 Å². The van der Waals surface area contributed by atoms with E-state index in [1.807, 2.05) is 33.8 Å². The van der Waals surface area contributed by atoms with Crippen LogP contribution in [0, 0.1) is 0 Å². The molecule has 0 aliphatic heterocycles. The Hall–Kier alpha value is -4.66. The second-order valence-corrected chi connectivity index (χ2v) is 10.1. The number of hydrogen-bond donors (Lipinski definition) is 3. The van der Waals surface area contributed by atoms with Crippen molar-refractivity contribution in [1.29, 1.82) is 0 Å². The Balaban J connectivity index is 1.75. The second-order valence-electron chi connectivity index (χ2n) is 10.1. The average Bonchev–Trinajstić information content (AvgIpc) is 3.39. The number of aromatic amines is 3. The van der Waals surface area contributed by atoms with E-state index in [0.717, 1.165) is 11.3 Å². The van der Waals surface area contributed by atoms with Gasteiger partial charge in [0, 0.05) is 16.7 Å². The van der Waals surface area contributed by atoms with Crippen LogP contribution in [-0.2, 0) is 11.8 Å². The number of ketones is 1. The Morgan fingerprint density at radius 3 is 2.28 bits per heavy atom. The fraction of sp³-hybridized carbons (Fsp3) is 0.267. The number of rotatable bonds is 7. The number of aromatic nitrogens is 4. The fourth-order valence-corrected chi connectivity index (χ4v) is 4.39. The maximum Gasteiger partial charge on any atom is 0.272 e. The van der Waals surface area contributed by atoms with Gasteiger partial charge in [0.05, 0.1) is 31.8 Å². The van der Waals surface area contributed by atoms with Crippen molar-refractivity contribution in [2.45, 2.75) is 39.5 Å². The highest BCUT2D eigenvalue weighted by molar-refractivity contribution is 6.11. The van der Waals surface area contributed by atoms with Crippen LogP contribution in [-0.4, -0.2) is 39.9 Å². The molecular weight excluding hydrogens is 496 g/mol. The van der Waals surface area contributed by atoms with Gasteiger partial charge in [-0.1, -0.05) is 45.9 Å². The lowest BCUT2D eigenvalue weighted by Crippen LogP contribution is -2.46. The summed E-state index contributed by atoms with van der Waals surface area (Å²) in [5.74, 6) is 0.803. The third kappa shape index (κ3) is 5.77. The first kappa shape index (κ1) is 27.4. The standard InChI is InChI=1S/C30H32N4O5/c1-7-18-13-20(38-5)14-21(26(18)39-6)25(35)19-10-8-9-17(11-19)12-23-28(36)34-24(29(37)33-23)15-22-27(30(2,3)4)32-16-31-22/h8-16H,7H2,1-6H3,(H,31,32)(H,33,37)(H,34,36)/b23-12-,24-15-. The number of benzene rings is 2. The van der Waals surface area contributed by atoms with Gasteiger partial charge in [-0.15, -0.1) is 0 Å². The molecule has 9 heteroatoms. The minimum atomic E-state index is -0.479. The molecule has 0 saturated heterocycles. The van der Waals surface area contributed by atoms with E-state index in [4.69, 9.17) is 9.47 Å². The van der Waals surface area contributed by atoms with Crippen LogP contribution in [0.3, 0.4) is 0 Å². The molecule has 0 aliphatic carbocycles. The Morgan fingerprint density at radius 2 is 1.67 bits per heavy atom. The third-order valence-electron chi connectivity index (χ3n) is 6.35. The molecule has 0 unspecified atom stereocenters. The number of methoxy groups -OCH3 is 2. The van der Waals surface area contributed by atoms with Crippen molar-refractivity contribution >= 4 is 17.9 Å². The molecule has 39 heavy (non-hydrogen) atoms. The molecule has 9 nitrogen and oxygen atoms in total. The van der Waals surface area contributed by atoms with Gasteiger partial charge < -0.3 is 24.4 Å². The summed E-state index contributed by atoms with van der Waals surface area (Å²) < 4.78 is 10.9. The SMILES string of the molecule is CCc1cc(OC)cc(C(=O)c2cccc(/C=c3\[nH]c(=O)/c(=C/c4nc[nH]c4C(C)(C)C)[nH]c3=O)c2)c1OC. The number of nitrogens with one attached hydrogen (secondary N) is 3. The van der Waals surface area contributed by atoms with E-state index in [-0.39, 0.29) is 21.9 Å². The minimum Gasteiger partial charge on any atom is -0.497 e. The number of ether oxygens (including phenoxy) is 2. The van der Waals surface area contributed by atoms with Gasteiger partial charge in [-0.05, 0) is 47.9 Å². The number of carbonyl (C=O) groups excluding carboxylic acids is 1. The van der Waals surface area contributed by atoms with Gasteiger partial charge in [-0.25, -0.2) is 4.98 Å². The minimum absolute atomic E-state index is 0.0621. The average molecular weight is 529 g/mol. The summed E-state index contributed by atoms with van der Waals surface area (Å²) in [4.78, 5) is 51.9. The fourth-order valence-electron chi connectivity index (χ4n) is 4.39. The number of nitrogens with zero attached hydrogens (tertiary/aromatic N) is 1. The Kier molecular flexibility index (Phi) is 7.71. The van der Waals surface area contributed by atoms with Gasteiger partial charge in [0.1, 0.15) is 22.2 Å². The molecule has 4 aromatic rings. The molecule has 0 spiro atoms. The van der Waals surface area contributed by atoms with Gasteiger partial charge in [0.25, 0.3) is 11.1 Å². The van der Waals surface area contributed by atoms with Crippen molar-refractivity contribution in [3.05, 3.63) is 108 Å². The van der Waals surface area contributed by atoms with Gasteiger partial charge in [0.15, 0.2) is 5.78 Å². The molecule has 4 rings (SSSR count). The Morgan fingerprint density at radius 1 is 0.974 bits per heavy atom. The quantitative estimate of drug-likeness (QED) is 0.316. The highest BCUT2D eigenvalue weighted by Gasteiger charge is 2.20. The molecule has 0 amide bonds. The molecule has 202 valence electrons. The summed E-state index contributed by atoms with van der Waals surface area (Å²) in [6, 6.07) is 10.3. The highest BCUT2D eigenvalue weighted by Crippen LogP contribution is 2.32. The van der Waals surface area contributed by atoms with E-state index in [1.165, 1.54) is 13.2 Å². The van der Waals surface area contributed by atoms with E-state index < -0.39 is 11.1 Å². The highest BCUT2D eigenvalue weighted by atomic mass is 16.5.